The molecule has 0 saturated carbocycles. The number of benzene rings is 1. The molecule has 2 aromatic rings. The van der Waals surface area contributed by atoms with Gasteiger partial charge in [0.1, 0.15) is 11.4 Å². The van der Waals surface area contributed by atoms with Gasteiger partial charge in [-0.2, -0.15) is 8.42 Å². The molecule has 0 bridgehead atoms. The van der Waals surface area contributed by atoms with Gasteiger partial charge in [0.25, 0.3) is 0 Å². The van der Waals surface area contributed by atoms with Crippen LogP contribution in [0.1, 0.15) is 5.82 Å². The van der Waals surface area contributed by atoms with E-state index < -0.39 is 16.2 Å². The number of nitrogens with one attached hydrogen (secondary N) is 1. The van der Waals surface area contributed by atoms with Crippen molar-refractivity contribution in [2.75, 3.05) is 7.11 Å². The summed E-state index contributed by atoms with van der Waals surface area (Å²) in [4.78, 5) is 16.0. The lowest BCUT2D eigenvalue weighted by molar-refractivity contribution is -0.136. The number of carbonyl (C=O) groups excluding carboxylic acids is 1. The molecule has 1 aliphatic heterocycles. The van der Waals surface area contributed by atoms with Crippen molar-refractivity contribution in [3.05, 3.63) is 41.9 Å². The molecule has 0 fully saturated rings. The molecule has 0 unspecified atom stereocenters. The first-order valence-electron chi connectivity index (χ1n) is 6.26. The number of ether oxygens (including phenoxy) is 1. The average molecular weight is 320 g/mol. The van der Waals surface area contributed by atoms with Crippen LogP contribution in [0.15, 0.2) is 40.4 Å². The number of fused-ring (bicyclic) bond motifs is 1. The van der Waals surface area contributed by atoms with Gasteiger partial charge in [0.2, 0.25) is 0 Å². The Kier molecular flexibility index (Phi) is 3.21. The lowest BCUT2D eigenvalue weighted by Crippen LogP contribution is -2.32. The van der Waals surface area contributed by atoms with Crippen LogP contribution >= 0.6 is 0 Å². The zero-order valence-electron chi connectivity index (χ0n) is 11.8. The quantitative estimate of drug-likeness (QED) is 0.800. The van der Waals surface area contributed by atoms with E-state index in [0.717, 1.165) is 12.6 Å². The average Bonchev–Trinajstić information content (AvgIpc) is 2.82. The van der Waals surface area contributed by atoms with Crippen molar-refractivity contribution in [3.8, 4) is 0 Å². The van der Waals surface area contributed by atoms with E-state index in [2.05, 4.69) is 14.1 Å². The van der Waals surface area contributed by atoms with Gasteiger partial charge in [-0.1, -0.05) is 12.1 Å². The Morgan fingerprint density at radius 1 is 1.32 bits per heavy atom. The lowest BCUT2D eigenvalue weighted by Gasteiger charge is -2.13. The molecule has 3 rings (SSSR count). The van der Waals surface area contributed by atoms with Crippen molar-refractivity contribution in [2.24, 2.45) is 11.4 Å². The Hall–Kier alpha value is -2.68. The second-order valence-electron chi connectivity index (χ2n) is 4.59. The van der Waals surface area contributed by atoms with Crippen LogP contribution in [-0.2, 0) is 26.8 Å². The zero-order chi connectivity index (χ0) is 15.9. The normalized spacial score (nSPS) is 16.6. The zero-order valence-corrected chi connectivity index (χ0v) is 12.6. The van der Waals surface area contributed by atoms with Crippen molar-refractivity contribution < 1.29 is 17.9 Å². The number of carbonyl (C=O) groups is 1. The molecule has 1 aromatic carbocycles. The van der Waals surface area contributed by atoms with Crippen molar-refractivity contribution in [2.45, 2.75) is 0 Å². The molecular formula is C13H12N4O4S. The number of nitrogens with zero attached hydrogens (tertiary/aromatic N) is 3. The Labute approximate surface area is 126 Å². The van der Waals surface area contributed by atoms with Gasteiger partial charge >= 0.3 is 16.2 Å². The van der Waals surface area contributed by atoms with E-state index in [1.165, 1.54) is 6.08 Å². The first-order chi connectivity index (χ1) is 10.4. The number of hydrogen-bond donors (Lipinski definition) is 1. The Morgan fingerprint density at radius 3 is 2.73 bits per heavy atom. The van der Waals surface area contributed by atoms with E-state index in [1.807, 2.05) is 22.9 Å². The molecule has 1 aliphatic rings. The third-order valence-electron chi connectivity index (χ3n) is 3.16. The Balaban J connectivity index is 2.20. The molecular weight excluding hydrogens is 308 g/mol. The summed E-state index contributed by atoms with van der Waals surface area (Å²) in [5.41, 5.74) is 1.38. The monoisotopic (exact) mass is 320 g/mol. The van der Waals surface area contributed by atoms with E-state index >= 15 is 0 Å². The summed E-state index contributed by atoms with van der Waals surface area (Å²) in [6.07, 6.45) is 1.30. The number of imidazole rings is 1. The topological polar surface area (TPSA) is 103 Å². The Bertz CT molecular complexity index is 940. The maximum atomic E-state index is 11.8. The van der Waals surface area contributed by atoms with Crippen LogP contribution in [0.25, 0.3) is 11.0 Å². The van der Waals surface area contributed by atoms with Crippen molar-refractivity contribution >= 4 is 32.9 Å². The minimum atomic E-state index is -4.02. The van der Waals surface area contributed by atoms with Crippen LogP contribution in [0.2, 0.25) is 0 Å². The van der Waals surface area contributed by atoms with Crippen LogP contribution in [0.3, 0.4) is 0 Å². The summed E-state index contributed by atoms with van der Waals surface area (Å²) in [5, 5.41) is 0. The summed E-state index contributed by atoms with van der Waals surface area (Å²) < 4.78 is 35.5. The highest BCUT2D eigenvalue weighted by Gasteiger charge is 2.26. The number of para-hydroxylation sites is 2. The number of methoxy groups -OCH3 is 1. The number of aryl methyl sites for hydroxylation is 1. The molecule has 22 heavy (non-hydrogen) atoms. The predicted octanol–water partition coefficient (Wildman–Crippen LogP) is 0.267. The van der Waals surface area contributed by atoms with Crippen LogP contribution in [0.4, 0.5) is 0 Å². The van der Waals surface area contributed by atoms with Gasteiger partial charge in [0, 0.05) is 13.1 Å². The highest BCUT2D eigenvalue weighted by atomic mass is 32.2. The Morgan fingerprint density at radius 2 is 2.05 bits per heavy atom. The van der Waals surface area contributed by atoms with E-state index in [1.54, 1.807) is 17.7 Å². The van der Waals surface area contributed by atoms with Gasteiger partial charge in [-0.05, 0) is 12.1 Å². The van der Waals surface area contributed by atoms with Gasteiger partial charge in [-0.25, -0.2) is 9.78 Å². The fourth-order valence-electron chi connectivity index (χ4n) is 2.17. The third-order valence-corrected chi connectivity index (χ3v) is 4.07. The smallest absolute Gasteiger partial charge is 0.355 e. The minimum Gasteiger partial charge on any atom is -0.464 e. The van der Waals surface area contributed by atoms with Crippen LogP contribution in [0, 0.1) is 0 Å². The van der Waals surface area contributed by atoms with Crippen LogP contribution in [-0.4, -0.2) is 36.8 Å². The molecule has 0 radical (unpaired) electrons. The highest BCUT2D eigenvalue weighted by molar-refractivity contribution is 7.88. The fraction of sp³-hybridized carbons (Fsp3) is 0.154. The molecule has 0 aliphatic carbocycles. The lowest BCUT2D eigenvalue weighted by atomic mass is 10.3. The molecule has 1 N–H and O–H groups in total. The van der Waals surface area contributed by atoms with E-state index in [9.17, 15) is 13.2 Å². The largest absolute Gasteiger partial charge is 0.464 e. The van der Waals surface area contributed by atoms with Gasteiger partial charge in [0.15, 0.2) is 5.82 Å². The standard InChI is InChI=1S/C13H12N4O4S/c1-17-11-6-4-3-5-8(11)14-12(17)9-7-10(13(18)21-2)16-22(19,20)15-9/h3-7,16H,1-2H3. The number of allylic oxidation sites excluding steroid dienone is 1. The highest BCUT2D eigenvalue weighted by Crippen LogP contribution is 2.18. The molecule has 0 spiro atoms. The molecule has 9 heteroatoms. The first kappa shape index (κ1) is 14.3. The fourth-order valence-corrected chi connectivity index (χ4v) is 3.03. The molecule has 0 amide bonds. The molecule has 0 saturated heterocycles. The molecule has 0 atom stereocenters. The summed E-state index contributed by atoms with van der Waals surface area (Å²) in [7, 11) is -1.11. The molecule has 8 nitrogen and oxygen atoms in total. The molecule has 114 valence electrons. The number of rotatable bonds is 2. The van der Waals surface area contributed by atoms with Gasteiger partial charge < -0.3 is 9.30 Å². The molecule has 1 aromatic heterocycles. The van der Waals surface area contributed by atoms with Crippen LogP contribution in [0.5, 0.6) is 0 Å². The third kappa shape index (κ3) is 2.35. The minimum absolute atomic E-state index is 0.0675. The number of aromatic nitrogens is 2. The van der Waals surface area contributed by atoms with E-state index in [-0.39, 0.29) is 11.4 Å². The van der Waals surface area contributed by atoms with Gasteiger partial charge in [-0.15, -0.1) is 4.40 Å². The number of hydrogen-bond acceptors (Lipinski definition) is 5. The summed E-state index contributed by atoms with van der Waals surface area (Å²) in [5.74, 6) is -0.456. The van der Waals surface area contributed by atoms with E-state index in [0.29, 0.717) is 11.3 Å². The second-order valence-corrected chi connectivity index (χ2v) is 5.92. The maximum Gasteiger partial charge on any atom is 0.355 e. The predicted molar refractivity (Wildman–Crippen MR) is 79.4 cm³/mol. The van der Waals surface area contributed by atoms with Gasteiger partial charge in [0.05, 0.1) is 18.1 Å². The summed E-state index contributed by atoms with van der Waals surface area (Å²) >= 11 is 0. The number of esters is 1. The first-order valence-corrected chi connectivity index (χ1v) is 7.70. The van der Waals surface area contributed by atoms with Crippen molar-refractivity contribution in [1.29, 1.82) is 0 Å². The van der Waals surface area contributed by atoms with Gasteiger partial charge in [-0.3, -0.25) is 4.72 Å². The summed E-state index contributed by atoms with van der Waals surface area (Å²) in [6, 6.07) is 7.34. The maximum absolute atomic E-state index is 11.8. The van der Waals surface area contributed by atoms with E-state index in [4.69, 9.17) is 0 Å². The van der Waals surface area contributed by atoms with Crippen molar-refractivity contribution in [1.82, 2.24) is 14.3 Å². The SMILES string of the molecule is COC(=O)C1=CC(c2nc3ccccc3n2C)=NS(=O)(=O)N1. The van der Waals surface area contributed by atoms with Crippen LogP contribution < -0.4 is 4.72 Å². The second kappa shape index (κ2) is 4.95. The van der Waals surface area contributed by atoms with Crippen molar-refractivity contribution in [3.63, 3.8) is 0 Å². The molecule has 2 heterocycles. The summed E-state index contributed by atoms with van der Waals surface area (Å²) in [6.45, 7) is 0.